The van der Waals surface area contributed by atoms with Crippen molar-refractivity contribution < 1.29 is 9.59 Å². The third kappa shape index (κ3) is 5.97. The Morgan fingerprint density at radius 3 is 2.65 bits per heavy atom. The van der Waals surface area contributed by atoms with E-state index in [2.05, 4.69) is 33.5 Å². The van der Waals surface area contributed by atoms with Crippen LogP contribution >= 0.6 is 0 Å². The summed E-state index contributed by atoms with van der Waals surface area (Å²) in [6.07, 6.45) is 2.71. The van der Waals surface area contributed by atoms with E-state index >= 15 is 0 Å². The number of unbranched alkanes of at least 4 members (excludes halogenated alkanes) is 1. The molecule has 1 heterocycles. The molecule has 1 amide bonds. The molecule has 0 radical (unpaired) electrons. The van der Waals surface area contributed by atoms with Crippen molar-refractivity contribution in [2.45, 2.75) is 45.7 Å². The van der Waals surface area contributed by atoms with Crippen LogP contribution in [0.5, 0.6) is 0 Å². The molecule has 0 bridgehead atoms. The number of hydrazine groups is 1. The van der Waals surface area contributed by atoms with Gasteiger partial charge in [0.2, 0.25) is 5.91 Å². The molecule has 6 heteroatoms. The number of fused-ring (bicyclic) bond motifs is 1. The smallest absolute Gasteiger partial charge is 0.221 e. The average molecular weight is 358 g/mol. The summed E-state index contributed by atoms with van der Waals surface area (Å²) in [6, 6.07) is 10.4. The van der Waals surface area contributed by atoms with Crippen molar-refractivity contribution in [1.29, 1.82) is 0 Å². The lowest BCUT2D eigenvalue weighted by molar-refractivity contribution is -0.121. The first-order chi connectivity index (χ1) is 12.5. The van der Waals surface area contributed by atoms with Gasteiger partial charge >= 0.3 is 0 Å². The van der Waals surface area contributed by atoms with Gasteiger partial charge in [0.1, 0.15) is 5.78 Å². The highest BCUT2D eigenvalue weighted by molar-refractivity contribution is 5.82. The standard InChI is InChI=1S/C20H30N4O2/c1-16(25)8-6-7-12-22-20(26)11-13-24-18(15-23(3)21-2)14-17-9-4-5-10-19(17)24/h4-5,9-10,14,21H,6-8,11-13,15H2,1-3H3,(H,22,26). The van der Waals surface area contributed by atoms with Gasteiger partial charge in [0, 0.05) is 44.2 Å². The van der Waals surface area contributed by atoms with Gasteiger partial charge in [-0.2, -0.15) is 0 Å². The van der Waals surface area contributed by atoms with Gasteiger partial charge in [-0.05, 0) is 44.3 Å². The summed E-state index contributed by atoms with van der Waals surface area (Å²) in [5.74, 6) is 0.258. The van der Waals surface area contributed by atoms with E-state index < -0.39 is 0 Å². The number of aryl methyl sites for hydroxylation is 1. The van der Waals surface area contributed by atoms with Gasteiger partial charge < -0.3 is 14.7 Å². The number of nitrogens with zero attached hydrogens (tertiary/aromatic N) is 2. The molecule has 0 spiro atoms. The minimum absolute atomic E-state index is 0.0542. The SMILES string of the molecule is CNN(C)Cc1cc2ccccc2n1CCC(=O)NCCCCC(C)=O. The molecule has 0 saturated heterocycles. The van der Waals surface area contributed by atoms with Crippen molar-refractivity contribution in [1.82, 2.24) is 20.3 Å². The monoisotopic (exact) mass is 358 g/mol. The van der Waals surface area contributed by atoms with E-state index in [0.717, 1.165) is 24.9 Å². The van der Waals surface area contributed by atoms with E-state index in [1.165, 1.54) is 11.1 Å². The first-order valence-electron chi connectivity index (χ1n) is 9.23. The number of hydrogen-bond donors (Lipinski definition) is 2. The van der Waals surface area contributed by atoms with Crippen LogP contribution in [0.4, 0.5) is 0 Å². The van der Waals surface area contributed by atoms with Gasteiger partial charge in [0.05, 0.1) is 6.54 Å². The highest BCUT2D eigenvalue weighted by atomic mass is 16.1. The molecular formula is C20H30N4O2. The molecule has 0 unspecified atom stereocenters. The Balaban J connectivity index is 1.93. The third-order valence-corrected chi connectivity index (χ3v) is 4.52. The second kappa shape index (κ2) is 10.1. The largest absolute Gasteiger partial charge is 0.356 e. The summed E-state index contributed by atoms with van der Waals surface area (Å²) < 4.78 is 2.22. The molecular weight excluding hydrogens is 328 g/mol. The molecule has 0 saturated carbocycles. The normalized spacial score (nSPS) is 11.2. The van der Waals surface area contributed by atoms with Crippen LogP contribution < -0.4 is 10.7 Å². The number of amides is 1. The van der Waals surface area contributed by atoms with E-state index in [9.17, 15) is 9.59 Å². The van der Waals surface area contributed by atoms with Crippen molar-refractivity contribution in [3.05, 3.63) is 36.0 Å². The Morgan fingerprint density at radius 2 is 1.92 bits per heavy atom. The zero-order valence-electron chi connectivity index (χ0n) is 16.0. The molecule has 0 fully saturated rings. The predicted molar refractivity (Wildman–Crippen MR) is 105 cm³/mol. The van der Waals surface area contributed by atoms with Gasteiger partial charge in [-0.3, -0.25) is 10.2 Å². The van der Waals surface area contributed by atoms with E-state index in [-0.39, 0.29) is 11.7 Å². The number of nitrogens with one attached hydrogen (secondary N) is 2. The Labute approximate surface area is 155 Å². The van der Waals surface area contributed by atoms with Crippen LogP contribution in [0.1, 0.15) is 38.3 Å². The Bertz CT molecular complexity index is 738. The minimum atomic E-state index is 0.0542. The number of para-hydroxylation sites is 1. The summed E-state index contributed by atoms with van der Waals surface area (Å²) in [5, 5.41) is 6.16. The summed E-state index contributed by atoms with van der Waals surface area (Å²) >= 11 is 0. The van der Waals surface area contributed by atoms with Gasteiger partial charge in [-0.1, -0.05) is 18.2 Å². The fraction of sp³-hybridized carbons (Fsp3) is 0.500. The number of hydrogen-bond acceptors (Lipinski definition) is 4. The molecule has 1 aromatic carbocycles. The molecule has 6 nitrogen and oxygen atoms in total. The molecule has 142 valence electrons. The molecule has 1 aromatic heterocycles. The van der Waals surface area contributed by atoms with Crippen LogP contribution in [0.25, 0.3) is 10.9 Å². The molecule has 2 rings (SSSR count). The lowest BCUT2D eigenvalue weighted by Crippen LogP contribution is -2.31. The quantitative estimate of drug-likeness (QED) is 0.478. The number of ketones is 1. The van der Waals surface area contributed by atoms with E-state index in [1.54, 1.807) is 6.92 Å². The lowest BCUT2D eigenvalue weighted by atomic mass is 10.2. The molecule has 26 heavy (non-hydrogen) atoms. The molecule has 0 atom stereocenters. The van der Waals surface area contributed by atoms with Gasteiger partial charge in [0.25, 0.3) is 0 Å². The zero-order chi connectivity index (χ0) is 18.9. The summed E-state index contributed by atoms with van der Waals surface area (Å²) in [4.78, 5) is 23.1. The second-order valence-corrected chi connectivity index (χ2v) is 6.68. The topological polar surface area (TPSA) is 66.4 Å². The Hall–Kier alpha value is -2.18. The molecule has 0 aliphatic rings. The third-order valence-electron chi connectivity index (χ3n) is 4.52. The van der Waals surface area contributed by atoms with Gasteiger partial charge in [0.15, 0.2) is 0 Å². The van der Waals surface area contributed by atoms with Gasteiger partial charge in [-0.25, -0.2) is 5.01 Å². The number of carbonyl (C=O) groups is 2. The van der Waals surface area contributed by atoms with E-state index in [0.29, 0.717) is 25.9 Å². The van der Waals surface area contributed by atoms with Crippen LogP contribution in [0.3, 0.4) is 0 Å². The van der Waals surface area contributed by atoms with Crippen molar-refractivity contribution >= 4 is 22.6 Å². The average Bonchev–Trinajstić information content (AvgIpc) is 2.96. The summed E-state index contributed by atoms with van der Waals surface area (Å²) in [5.41, 5.74) is 5.45. The number of benzene rings is 1. The molecule has 2 N–H and O–H groups in total. The van der Waals surface area contributed by atoms with Gasteiger partial charge in [-0.15, -0.1) is 0 Å². The van der Waals surface area contributed by atoms with Crippen LogP contribution in [-0.4, -0.2) is 41.9 Å². The summed E-state index contributed by atoms with van der Waals surface area (Å²) in [7, 11) is 3.89. The van der Waals surface area contributed by atoms with E-state index in [1.807, 2.05) is 31.2 Å². The first-order valence-corrected chi connectivity index (χ1v) is 9.23. The maximum Gasteiger partial charge on any atom is 0.221 e. The number of carbonyl (C=O) groups excluding carboxylic acids is 2. The van der Waals surface area contributed by atoms with Crippen LogP contribution in [0.2, 0.25) is 0 Å². The van der Waals surface area contributed by atoms with E-state index in [4.69, 9.17) is 0 Å². The van der Waals surface area contributed by atoms with Crippen molar-refractivity contribution in [3.63, 3.8) is 0 Å². The number of rotatable bonds is 11. The summed E-state index contributed by atoms with van der Waals surface area (Å²) in [6.45, 7) is 3.65. The van der Waals surface area contributed by atoms with Crippen molar-refractivity contribution in [2.75, 3.05) is 20.6 Å². The molecule has 0 aliphatic carbocycles. The predicted octanol–water partition coefficient (Wildman–Crippen LogP) is 2.47. The van der Waals surface area contributed by atoms with Crippen molar-refractivity contribution in [2.24, 2.45) is 0 Å². The Morgan fingerprint density at radius 1 is 1.15 bits per heavy atom. The maximum atomic E-state index is 12.1. The number of Topliss-reactive ketones (excluding diaryl/α,β-unsaturated/α-hetero) is 1. The Kier molecular flexibility index (Phi) is 7.81. The first kappa shape index (κ1) is 20.1. The van der Waals surface area contributed by atoms with Crippen LogP contribution in [0.15, 0.2) is 30.3 Å². The molecule has 0 aliphatic heterocycles. The lowest BCUT2D eigenvalue weighted by Gasteiger charge is -2.17. The number of aromatic nitrogens is 1. The second-order valence-electron chi connectivity index (χ2n) is 6.68. The molecule has 2 aromatic rings. The fourth-order valence-electron chi connectivity index (χ4n) is 3.01. The highest BCUT2D eigenvalue weighted by Gasteiger charge is 2.11. The highest BCUT2D eigenvalue weighted by Crippen LogP contribution is 2.21. The maximum absolute atomic E-state index is 12.1. The van der Waals surface area contributed by atoms with Crippen LogP contribution in [0, 0.1) is 0 Å². The van der Waals surface area contributed by atoms with Crippen molar-refractivity contribution in [3.8, 4) is 0 Å². The minimum Gasteiger partial charge on any atom is -0.356 e. The zero-order valence-corrected chi connectivity index (χ0v) is 16.0. The van der Waals surface area contributed by atoms with Crippen LogP contribution in [-0.2, 0) is 22.7 Å². The fourth-order valence-corrected chi connectivity index (χ4v) is 3.01.